The number of nitriles is 1. The lowest BCUT2D eigenvalue weighted by atomic mass is 9.91. The van der Waals surface area contributed by atoms with Gasteiger partial charge in [-0.2, -0.15) is 14.0 Å². The summed E-state index contributed by atoms with van der Waals surface area (Å²) in [4.78, 5) is 85.5. The molecule has 0 bridgehead atoms. The van der Waals surface area contributed by atoms with Crippen LogP contribution in [0.25, 0.3) is 10.1 Å². The van der Waals surface area contributed by atoms with Gasteiger partial charge in [0.05, 0.1) is 16.9 Å². The second kappa shape index (κ2) is 16.9. The Morgan fingerprint density at radius 3 is 2.46 bits per heavy atom. The third-order valence-electron chi connectivity index (χ3n) is 9.19. The van der Waals surface area contributed by atoms with E-state index >= 15 is 0 Å². The van der Waals surface area contributed by atoms with Crippen LogP contribution in [0.3, 0.4) is 0 Å². The fourth-order valence-electron chi connectivity index (χ4n) is 6.53. The van der Waals surface area contributed by atoms with E-state index in [1.165, 1.54) is 25.1 Å². The molecule has 0 spiro atoms. The van der Waals surface area contributed by atoms with Gasteiger partial charge in [0.25, 0.3) is 5.91 Å². The number of carbonyl (C=O) groups excluding carboxylic acids is 4. The SMILES string of the molecule is CC.CC(=O)N1CC[C@H]2CCCN2C(=O)C(NC(=O)c2cc3cc(C(F)(F)P(=O)(O)O)ccc3s2)C1.N#CC1CN(C=O)C[C@@H]1c1cc[nH]c(=O)c1. The molecular formula is C34H41F2N6O8PS. The summed E-state index contributed by atoms with van der Waals surface area (Å²) in [6, 6.07) is 8.98. The van der Waals surface area contributed by atoms with E-state index in [9.17, 15) is 37.3 Å². The Balaban J connectivity index is 0.000000280. The molecule has 3 aliphatic heterocycles. The number of pyridine rings is 1. The Morgan fingerprint density at radius 1 is 1.10 bits per heavy atom. The molecule has 4 amide bonds. The van der Waals surface area contributed by atoms with Crippen LogP contribution in [0.1, 0.15) is 66.8 Å². The number of hydrogen-bond donors (Lipinski definition) is 4. The second-order valence-electron chi connectivity index (χ2n) is 12.4. The number of fused-ring (bicyclic) bond motifs is 2. The molecule has 2 unspecified atom stereocenters. The van der Waals surface area contributed by atoms with Gasteiger partial charge in [0.15, 0.2) is 0 Å². The van der Waals surface area contributed by atoms with E-state index in [1.807, 2.05) is 13.8 Å². The van der Waals surface area contributed by atoms with E-state index in [0.717, 1.165) is 48.3 Å². The van der Waals surface area contributed by atoms with Gasteiger partial charge in [-0.25, -0.2) is 0 Å². The molecule has 3 saturated heterocycles. The third kappa shape index (κ3) is 8.92. The summed E-state index contributed by atoms with van der Waals surface area (Å²) in [7, 11) is -5.73. The fraction of sp³-hybridized carbons (Fsp3) is 0.471. The van der Waals surface area contributed by atoms with Crippen molar-refractivity contribution in [3.05, 3.63) is 69.0 Å². The molecule has 52 heavy (non-hydrogen) atoms. The van der Waals surface area contributed by atoms with E-state index in [4.69, 9.17) is 15.0 Å². The number of nitrogens with zero attached hydrogens (tertiary/aromatic N) is 4. The average molecular weight is 763 g/mol. The van der Waals surface area contributed by atoms with E-state index in [-0.39, 0.29) is 52.1 Å². The highest BCUT2D eigenvalue weighted by atomic mass is 32.1. The number of amides is 4. The quantitative estimate of drug-likeness (QED) is 0.214. The van der Waals surface area contributed by atoms with Crippen molar-refractivity contribution >= 4 is 53.2 Å². The number of rotatable bonds is 6. The van der Waals surface area contributed by atoms with Crippen LogP contribution in [0.15, 0.2) is 47.4 Å². The predicted octanol–water partition coefficient (Wildman–Crippen LogP) is 3.57. The molecule has 280 valence electrons. The van der Waals surface area contributed by atoms with Gasteiger partial charge in [-0.3, -0.25) is 28.5 Å². The molecule has 18 heteroatoms. The van der Waals surface area contributed by atoms with Gasteiger partial charge in [-0.05, 0) is 54.5 Å². The second-order valence-corrected chi connectivity index (χ2v) is 15.2. The van der Waals surface area contributed by atoms with E-state index < -0.39 is 30.8 Å². The number of benzene rings is 1. The summed E-state index contributed by atoms with van der Waals surface area (Å²) in [5, 5.41) is 11.9. The van der Waals surface area contributed by atoms with Crippen LogP contribution in [0.2, 0.25) is 0 Å². The van der Waals surface area contributed by atoms with Crippen LogP contribution in [0, 0.1) is 17.2 Å². The first-order valence-corrected chi connectivity index (χ1v) is 19.2. The highest BCUT2D eigenvalue weighted by Gasteiger charge is 2.50. The molecule has 14 nitrogen and oxygen atoms in total. The van der Waals surface area contributed by atoms with E-state index in [2.05, 4.69) is 16.4 Å². The molecule has 1 aromatic carbocycles. The van der Waals surface area contributed by atoms with Gasteiger partial charge in [0.2, 0.25) is 23.8 Å². The minimum Gasteiger partial charge on any atom is -0.343 e. The van der Waals surface area contributed by atoms with Crippen molar-refractivity contribution in [3.8, 4) is 6.07 Å². The highest BCUT2D eigenvalue weighted by molar-refractivity contribution is 7.52. The van der Waals surface area contributed by atoms with Crippen molar-refractivity contribution in [2.45, 2.75) is 63.7 Å². The Kier molecular flexibility index (Phi) is 13.1. The molecule has 0 radical (unpaired) electrons. The third-order valence-corrected chi connectivity index (χ3v) is 11.3. The van der Waals surface area contributed by atoms with Gasteiger partial charge in [-0.15, -0.1) is 11.3 Å². The standard InChI is InChI=1S/C21H24F2N3O6PS.C11H11N3O2.C2H6/c1-12(27)25-8-6-15-3-2-7-26(15)20(29)16(11-25)24-19(28)18-10-13-9-14(4-5-17(13)34-18)21(22,23)33(30,31)32;12-4-9-5-14(7-15)6-10(9)8-1-2-13-11(16)3-8;1-2/h4-5,9-10,15-16H,2-3,6-8,11H2,1H3,(H,24,28)(H2,30,31,32);1-3,7,9-10H,5-6H2,(H,13,16);1-2H3/t15-,16?;9?,10-;/m11./s1. The topological polar surface area (TPSA) is 204 Å². The summed E-state index contributed by atoms with van der Waals surface area (Å²) >= 11 is 1.00. The lowest BCUT2D eigenvalue weighted by Gasteiger charge is -2.36. The van der Waals surface area contributed by atoms with Crippen LogP contribution >= 0.6 is 18.9 Å². The largest absolute Gasteiger partial charge is 0.399 e. The minimum atomic E-state index is -5.73. The molecule has 6 rings (SSSR count). The van der Waals surface area contributed by atoms with Crippen LogP contribution in [0.4, 0.5) is 8.78 Å². The number of aromatic amines is 1. The summed E-state index contributed by atoms with van der Waals surface area (Å²) in [6.45, 7) is 7.47. The average Bonchev–Trinajstić information content (AvgIpc) is 3.87. The lowest BCUT2D eigenvalue weighted by molar-refractivity contribution is -0.138. The zero-order chi connectivity index (χ0) is 38.4. The number of thiophene rings is 1. The molecule has 2 aromatic heterocycles. The maximum atomic E-state index is 14.1. The first kappa shape index (κ1) is 40.3. The maximum absolute atomic E-state index is 14.1. The first-order valence-electron chi connectivity index (χ1n) is 16.7. The normalized spacial score (nSPS) is 21.8. The van der Waals surface area contributed by atoms with Crippen LogP contribution in [-0.4, -0.2) is 98.4 Å². The zero-order valence-electron chi connectivity index (χ0n) is 28.8. The summed E-state index contributed by atoms with van der Waals surface area (Å²) in [5.41, 5.74) is -4.58. The molecule has 4 atom stereocenters. The Labute approximate surface area is 302 Å². The Bertz CT molecular complexity index is 1940. The number of halogens is 2. The molecule has 3 aromatic rings. The van der Waals surface area contributed by atoms with Crippen LogP contribution in [0.5, 0.6) is 0 Å². The number of H-pyrrole nitrogens is 1. The smallest absolute Gasteiger partial charge is 0.343 e. The Hall–Kier alpha value is -4.49. The number of likely N-dealkylation sites (tertiary alicyclic amines) is 1. The molecule has 0 aliphatic carbocycles. The molecule has 0 saturated carbocycles. The van der Waals surface area contributed by atoms with E-state index in [1.54, 1.807) is 27.0 Å². The first-order chi connectivity index (χ1) is 24.6. The van der Waals surface area contributed by atoms with Gasteiger partial charge >= 0.3 is 13.3 Å². The lowest BCUT2D eigenvalue weighted by Crippen LogP contribution is -2.57. The van der Waals surface area contributed by atoms with Crippen molar-refractivity contribution in [2.24, 2.45) is 5.92 Å². The van der Waals surface area contributed by atoms with Gasteiger partial charge in [-0.1, -0.05) is 19.9 Å². The molecule has 3 fully saturated rings. The molecule has 4 N–H and O–H groups in total. The molecule has 5 heterocycles. The number of carbonyl (C=O) groups is 4. The molecule has 3 aliphatic rings. The van der Waals surface area contributed by atoms with Crippen LogP contribution < -0.4 is 10.9 Å². The van der Waals surface area contributed by atoms with Gasteiger partial charge < -0.3 is 34.8 Å². The number of hydrogen-bond acceptors (Lipinski definition) is 8. The fourth-order valence-corrected chi connectivity index (χ4v) is 7.96. The van der Waals surface area contributed by atoms with Crippen molar-refractivity contribution in [2.75, 3.05) is 32.7 Å². The van der Waals surface area contributed by atoms with Crippen molar-refractivity contribution in [3.63, 3.8) is 0 Å². The summed E-state index contributed by atoms with van der Waals surface area (Å²) in [6.07, 6.45) is 4.70. The minimum absolute atomic E-state index is 0.0208. The summed E-state index contributed by atoms with van der Waals surface area (Å²) < 4.78 is 39.8. The summed E-state index contributed by atoms with van der Waals surface area (Å²) in [5.74, 6) is -1.34. The van der Waals surface area contributed by atoms with Crippen molar-refractivity contribution in [1.82, 2.24) is 25.0 Å². The Morgan fingerprint density at radius 2 is 1.83 bits per heavy atom. The van der Waals surface area contributed by atoms with Crippen molar-refractivity contribution < 1.29 is 42.3 Å². The number of aromatic nitrogens is 1. The van der Waals surface area contributed by atoms with Crippen molar-refractivity contribution in [1.29, 1.82) is 5.26 Å². The van der Waals surface area contributed by atoms with Crippen LogP contribution in [-0.2, 0) is 24.6 Å². The van der Waals surface area contributed by atoms with Gasteiger partial charge in [0, 0.05) is 74.1 Å². The zero-order valence-corrected chi connectivity index (χ0v) is 30.5. The monoisotopic (exact) mass is 762 g/mol. The number of alkyl halides is 2. The van der Waals surface area contributed by atoms with E-state index in [0.29, 0.717) is 37.3 Å². The number of nitrogens with one attached hydrogen (secondary N) is 2. The maximum Gasteiger partial charge on any atom is 0.399 e. The van der Waals surface area contributed by atoms with Gasteiger partial charge in [0.1, 0.15) is 6.04 Å². The highest BCUT2D eigenvalue weighted by Crippen LogP contribution is 2.59. The predicted molar refractivity (Wildman–Crippen MR) is 189 cm³/mol. The molecular weight excluding hydrogens is 721 g/mol.